The molecule has 0 saturated carbocycles. The van der Waals surface area contributed by atoms with Crippen molar-refractivity contribution in [2.45, 2.75) is 154 Å². The average molecular weight is 754 g/mol. The summed E-state index contributed by atoms with van der Waals surface area (Å²) in [5, 5.41) is 6.97. The molecule has 4 heterocycles. The second-order valence-electron chi connectivity index (χ2n) is 19.4. The first-order chi connectivity index (χ1) is 25.0. The lowest BCUT2D eigenvalue weighted by Gasteiger charge is -2.44. The standard InChI is InChI=1S/C46H75N5Si2/c1-31(2)52(32(3)4,33(5)6)50-29-43(37-19-23-48(13)24-20-37)41-17-15-39(27-45(41)50)47-40-16-18-42-44(38-21-25-49(14)26-22-38)30-51(46(42)28-40)53(34(7)8,35(9)10)36(11)12/h15-18,27-38,47H,19-26H2,1-14H3. The number of anilines is 2. The quantitative estimate of drug-likeness (QED) is 0.146. The van der Waals surface area contributed by atoms with Crippen LogP contribution in [0.2, 0.25) is 33.2 Å². The van der Waals surface area contributed by atoms with E-state index in [1.807, 2.05) is 0 Å². The Morgan fingerprint density at radius 2 is 0.792 bits per heavy atom. The number of aromatic nitrogens is 2. The summed E-state index contributed by atoms with van der Waals surface area (Å²) in [6.45, 7) is 34.9. The fourth-order valence-electron chi connectivity index (χ4n) is 12.4. The highest BCUT2D eigenvalue weighted by Gasteiger charge is 2.47. The first kappa shape index (κ1) is 40.3. The average Bonchev–Trinajstić information content (AvgIpc) is 3.64. The number of hydrogen-bond donors (Lipinski definition) is 1. The van der Waals surface area contributed by atoms with Crippen molar-refractivity contribution in [1.29, 1.82) is 0 Å². The molecular formula is C46H75N5Si2. The third kappa shape index (κ3) is 6.93. The summed E-state index contributed by atoms with van der Waals surface area (Å²) in [5.41, 5.74) is 12.3. The zero-order valence-corrected chi connectivity index (χ0v) is 38.2. The van der Waals surface area contributed by atoms with Crippen molar-refractivity contribution in [3.8, 4) is 0 Å². The molecule has 0 radical (unpaired) electrons. The van der Waals surface area contributed by atoms with Gasteiger partial charge >= 0.3 is 0 Å². The van der Waals surface area contributed by atoms with Crippen LogP contribution in [0.15, 0.2) is 48.8 Å². The maximum atomic E-state index is 4.00. The minimum Gasteiger partial charge on any atom is -0.373 e. The molecule has 2 saturated heterocycles. The molecule has 2 fully saturated rings. The molecular weight excluding hydrogens is 679 g/mol. The van der Waals surface area contributed by atoms with Crippen LogP contribution in [0.1, 0.15) is 132 Å². The number of rotatable bonds is 12. The predicted molar refractivity (Wildman–Crippen MR) is 239 cm³/mol. The van der Waals surface area contributed by atoms with Crippen LogP contribution in [0.3, 0.4) is 0 Å². The molecule has 2 aliphatic heterocycles. The van der Waals surface area contributed by atoms with Gasteiger partial charge in [0, 0.05) is 33.2 Å². The Morgan fingerprint density at radius 1 is 0.491 bits per heavy atom. The van der Waals surface area contributed by atoms with Gasteiger partial charge in [-0.2, -0.15) is 0 Å². The van der Waals surface area contributed by atoms with Crippen LogP contribution in [0.25, 0.3) is 21.8 Å². The number of benzene rings is 2. The van der Waals surface area contributed by atoms with E-state index in [0.29, 0.717) is 45.1 Å². The van der Waals surface area contributed by atoms with Gasteiger partial charge in [-0.25, -0.2) is 0 Å². The van der Waals surface area contributed by atoms with Gasteiger partial charge in [0.05, 0.1) is 0 Å². The lowest BCUT2D eigenvalue weighted by Crippen LogP contribution is -2.51. The lowest BCUT2D eigenvalue weighted by atomic mass is 9.89. The van der Waals surface area contributed by atoms with Gasteiger partial charge < -0.3 is 23.6 Å². The van der Waals surface area contributed by atoms with E-state index in [0.717, 1.165) is 0 Å². The highest BCUT2D eigenvalue weighted by Crippen LogP contribution is 2.49. The normalized spacial score (nSPS) is 18.1. The van der Waals surface area contributed by atoms with Crippen molar-refractivity contribution >= 4 is 49.7 Å². The predicted octanol–water partition coefficient (Wildman–Crippen LogP) is 13.0. The summed E-state index contributed by atoms with van der Waals surface area (Å²) in [7, 11) is 0.612. The van der Waals surface area contributed by atoms with E-state index in [2.05, 4.69) is 170 Å². The molecule has 0 unspecified atom stereocenters. The van der Waals surface area contributed by atoms with Crippen molar-refractivity contribution in [3.05, 3.63) is 59.9 Å². The van der Waals surface area contributed by atoms with Crippen LogP contribution in [-0.4, -0.2) is 75.0 Å². The molecule has 1 N–H and O–H groups in total. The Morgan fingerprint density at radius 3 is 1.08 bits per heavy atom. The molecule has 292 valence electrons. The van der Waals surface area contributed by atoms with Crippen LogP contribution >= 0.6 is 0 Å². The number of likely N-dealkylation sites (tertiary alicyclic amines) is 2. The molecule has 2 aliphatic rings. The number of piperidine rings is 2. The molecule has 6 rings (SSSR count). The SMILES string of the molecule is CC(C)[Si](C(C)C)(C(C)C)n1cc(C2CCN(C)CC2)c2ccc(Nc3ccc4c(C5CCN(C)CC5)cn([Si](C(C)C)(C(C)C)C(C)C)c4c3)cc21. The Kier molecular flexibility index (Phi) is 11.9. The molecule has 0 amide bonds. The zero-order chi connectivity index (χ0) is 38.6. The fraction of sp³-hybridized carbons (Fsp3) is 0.652. The molecule has 4 aromatic rings. The van der Waals surface area contributed by atoms with E-state index in [1.165, 1.54) is 85.0 Å². The maximum Gasteiger partial charge on any atom is 0.169 e. The monoisotopic (exact) mass is 754 g/mol. The number of nitrogens with one attached hydrogen (secondary N) is 1. The van der Waals surface area contributed by atoms with Crippen LogP contribution in [0, 0.1) is 0 Å². The van der Waals surface area contributed by atoms with Crippen molar-refractivity contribution in [2.75, 3.05) is 45.6 Å². The molecule has 0 bridgehead atoms. The summed E-state index contributed by atoms with van der Waals surface area (Å²) in [5.74, 6) is 1.27. The van der Waals surface area contributed by atoms with E-state index in [9.17, 15) is 0 Å². The lowest BCUT2D eigenvalue weighted by molar-refractivity contribution is 0.256. The van der Waals surface area contributed by atoms with Gasteiger partial charge in [-0.3, -0.25) is 0 Å². The number of fused-ring (bicyclic) bond motifs is 2. The van der Waals surface area contributed by atoms with E-state index in [1.54, 1.807) is 11.1 Å². The molecule has 5 nitrogen and oxygen atoms in total. The Bertz CT molecular complexity index is 1670. The summed E-state index contributed by atoms with van der Waals surface area (Å²) >= 11 is 0. The van der Waals surface area contributed by atoms with Crippen LogP contribution < -0.4 is 5.32 Å². The topological polar surface area (TPSA) is 28.4 Å². The van der Waals surface area contributed by atoms with Crippen LogP contribution in [0.4, 0.5) is 11.4 Å². The molecule has 0 atom stereocenters. The van der Waals surface area contributed by atoms with Crippen molar-refractivity contribution < 1.29 is 0 Å². The molecule has 53 heavy (non-hydrogen) atoms. The molecule has 0 spiro atoms. The molecule has 2 aromatic carbocycles. The van der Waals surface area contributed by atoms with Gasteiger partial charge in [-0.15, -0.1) is 0 Å². The van der Waals surface area contributed by atoms with Crippen molar-refractivity contribution in [2.24, 2.45) is 0 Å². The van der Waals surface area contributed by atoms with Crippen LogP contribution in [0.5, 0.6) is 0 Å². The smallest absolute Gasteiger partial charge is 0.169 e. The number of hydrogen-bond acceptors (Lipinski definition) is 3. The minimum atomic E-state index is -1.98. The first-order valence-corrected chi connectivity index (χ1v) is 25.9. The number of nitrogens with zero attached hydrogens (tertiary/aromatic N) is 4. The Hall–Kier alpha value is -2.33. The van der Waals surface area contributed by atoms with E-state index in [-0.39, 0.29) is 0 Å². The largest absolute Gasteiger partial charge is 0.373 e. The van der Waals surface area contributed by atoms with Crippen LogP contribution in [-0.2, 0) is 0 Å². The maximum absolute atomic E-state index is 4.00. The van der Waals surface area contributed by atoms with E-state index < -0.39 is 16.5 Å². The summed E-state index contributed by atoms with van der Waals surface area (Å²) in [4.78, 5) is 5.01. The van der Waals surface area contributed by atoms with Gasteiger partial charge in [0.25, 0.3) is 0 Å². The first-order valence-electron chi connectivity index (χ1n) is 21.5. The zero-order valence-electron chi connectivity index (χ0n) is 36.2. The summed E-state index contributed by atoms with van der Waals surface area (Å²) in [6.07, 6.45) is 10.3. The third-order valence-corrected chi connectivity index (χ3v) is 28.2. The van der Waals surface area contributed by atoms with Gasteiger partial charge in [-0.1, -0.05) is 95.2 Å². The second kappa shape index (κ2) is 15.7. The molecule has 2 aromatic heterocycles. The Labute approximate surface area is 326 Å². The van der Waals surface area contributed by atoms with Gasteiger partial charge in [-0.05, 0) is 159 Å². The van der Waals surface area contributed by atoms with E-state index in [4.69, 9.17) is 0 Å². The molecule has 0 aliphatic carbocycles. The van der Waals surface area contributed by atoms with E-state index >= 15 is 0 Å². The third-order valence-electron chi connectivity index (χ3n) is 14.7. The second-order valence-corrected chi connectivity index (χ2v) is 30.8. The van der Waals surface area contributed by atoms with Gasteiger partial charge in [0.2, 0.25) is 0 Å². The fourth-order valence-corrected chi connectivity index (χ4v) is 25.7. The Balaban J connectivity index is 1.50. The highest BCUT2D eigenvalue weighted by atomic mass is 28.3. The highest BCUT2D eigenvalue weighted by molar-refractivity contribution is 6.83. The van der Waals surface area contributed by atoms with Crippen molar-refractivity contribution in [1.82, 2.24) is 18.3 Å². The molecule has 7 heteroatoms. The van der Waals surface area contributed by atoms with Gasteiger partial charge in [0.15, 0.2) is 16.5 Å². The van der Waals surface area contributed by atoms with Gasteiger partial charge in [0.1, 0.15) is 0 Å². The summed E-state index contributed by atoms with van der Waals surface area (Å²) < 4.78 is 5.77. The van der Waals surface area contributed by atoms with Crippen molar-refractivity contribution in [3.63, 3.8) is 0 Å². The minimum absolute atomic E-state index is 0.633. The summed E-state index contributed by atoms with van der Waals surface area (Å²) in [6, 6.07) is 14.7.